The third-order valence-electron chi connectivity index (χ3n) is 2.85. The second-order valence-corrected chi connectivity index (χ2v) is 5.31. The van der Waals surface area contributed by atoms with Crippen molar-refractivity contribution >= 4 is 0 Å². The van der Waals surface area contributed by atoms with E-state index in [0.29, 0.717) is 17.8 Å². The average molecular weight is 220 g/mol. The third kappa shape index (κ3) is 2.78. The first-order chi connectivity index (χ1) is 7.45. The molecular formula is C15H24O. The van der Waals surface area contributed by atoms with E-state index in [0.717, 1.165) is 5.76 Å². The van der Waals surface area contributed by atoms with Crippen molar-refractivity contribution in [2.75, 3.05) is 0 Å². The van der Waals surface area contributed by atoms with Crippen molar-refractivity contribution in [3.8, 4) is 0 Å². The fourth-order valence-electron chi connectivity index (χ4n) is 2.12. The maximum Gasteiger partial charge on any atom is 0.109 e. The van der Waals surface area contributed by atoms with E-state index in [-0.39, 0.29) is 0 Å². The minimum absolute atomic E-state index is 0.433. The SMILES string of the molecule is CC(C)C1=CC=COC(C(C)C)=C1C(C)C. The molecule has 0 radical (unpaired) electrons. The van der Waals surface area contributed by atoms with Gasteiger partial charge in [-0.15, -0.1) is 0 Å². The van der Waals surface area contributed by atoms with Gasteiger partial charge in [0.15, 0.2) is 0 Å². The van der Waals surface area contributed by atoms with E-state index in [1.807, 2.05) is 6.08 Å². The second-order valence-electron chi connectivity index (χ2n) is 5.31. The molecule has 1 aliphatic heterocycles. The fraction of sp³-hybridized carbons (Fsp3) is 0.600. The number of allylic oxidation sites excluding steroid dienone is 5. The van der Waals surface area contributed by atoms with Crippen molar-refractivity contribution in [1.29, 1.82) is 0 Å². The first-order valence-corrected chi connectivity index (χ1v) is 6.23. The van der Waals surface area contributed by atoms with E-state index in [2.05, 4.69) is 47.6 Å². The molecule has 1 aliphatic rings. The summed E-state index contributed by atoms with van der Waals surface area (Å²) in [6.07, 6.45) is 6.00. The third-order valence-corrected chi connectivity index (χ3v) is 2.85. The van der Waals surface area contributed by atoms with Gasteiger partial charge in [-0.25, -0.2) is 0 Å². The molecule has 0 aromatic carbocycles. The topological polar surface area (TPSA) is 9.23 Å². The van der Waals surface area contributed by atoms with Gasteiger partial charge in [0, 0.05) is 5.92 Å². The van der Waals surface area contributed by atoms with Crippen LogP contribution in [0.2, 0.25) is 0 Å². The number of hydrogen-bond acceptors (Lipinski definition) is 1. The Balaban J connectivity index is 3.29. The summed E-state index contributed by atoms with van der Waals surface area (Å²) < 4.78 is 5.77. The van der Waals surface area contributed by atoms with Crippen molar-refractivity contribution in [3.63, 3.8) is 0 Å². The normalized spacial score (nSPS) is 16.9. The first-order valence-electron chi connectivity index (χ1n) is 6.23. The van der Waals surface area contributed by atoms with Gasteiger partial charge >= 0.3 is 0 Å². The highest BCUT2D eigenvalue weighted by Crippen LogP contribution is 2.34. The van der Waals surface area contributed by atoms with E-state index in [9.17, 15) is 0 Å². The quantitative estimate of drug-likeness (QED) is 0.671. The summed E-state index contributed by atoms with van der Waals surface area (Å²) in [4.78, 5) is 0. The Bertz CT molecular complexity index is 327. The molecule has 16 heavy (non-hydrogen) atoms. The smallest absolute Gasteiger partial charge is 0.109 e. The van der Waals surface area contributed by atoms with Gasteiger partial charge in [0.1, 0.15) is 5.76 Å². The Kier molecular flexibility index (Phi) is 4.40. The fourth-order valence-corrected chi connectivity index (χ4v) is 2.12. The van der Waals surface area contributed by atoms with E-state index in [4.69, 9.17) is 4.74 Å². The second kappa shape index (κ2) is 5.38. The maximum atomic E-state index is 5.77. The van der Waals surface area contributed by atoms with Crippen molar-refractivity contribution in [2.24, 2.45) is 17.8 Å². The molecule has 0 aromatic rings. The van der Waals surface area contributed by atoms with Gasteiger partial charge in [-0.05, 0) is 29.1 Å². The zero-order chi connectivity index (χ0) is 12.3. The molecule has 1 rings (SSSR count). The zero-order valence-electron chi connectivity index (χ0n) is 11.4. The predicted molar refractivity (Wildman–Crippen MR) is 69.8 cm³/mol. The molecule has 0 fully saturated rings. The molecule has 0 aromatic heterocycles. The summed E-state index contributed by atoms with van der Waals surface area (Å²) in [6.45, 7) is 13.3. The molecule has 90 valence electrons. The van der Waals surface area contributed by atoms with Crippen LogP contribution < -0.4 is 0 Å². The molecule has 0 amide bonds. The van der Waals surface area contributed by atoms with Crippen LogP contribution in [0.4, 0.5) is 0 Å². The van der Waals surface area contributed by atoms with Crippen LogP contribution in [-0.2, 0) is 4.74 Å². The van der Waals surface area contributed by atoms with Crippen LogP contribution in [0.3, 0.4) is 0 Å². The molecule has 0 bridgehead atoms. The molecule has 0 saturated heterocycles. The highest BCUT2D eigenvalue weighted by Gasteiger charge is 2.21. The summed E-state index contributed by atoms with van der Waals surface area (Å²) in [6, 6.07) is 0. The summed E-state index contributed by atoms with van der Waals surface area (Å²) in [7, 11) is 0. The van der Waals surface area contributed by atoms with Crippen molar-refractivity contribution < 1.29 is 4.74 Å². The monoisotopic (exact) mass is 220 g/mol. The van der Waals surface area contributed by atoms with Gasteiger partial charge < -0.3 is 4.74 Å². The van der Waals surface area contributed by atoms with Gasteiger partial charge in [0.2, 0.25) is 0 Å². The van der Waals surface area contributed by atoms with E-state index in [1.165, 1.54) is 11.1 Å². The summed E-state index contributed by atoms with van der Waals surface area (Å²) >= 11 is 0. The van der Waals surface area contributed by atoms with Crippen LogP contribution in [0.25, 0.3) is 0 Å². The van der Waals surface area contributed by atoms with E-state index in [1.54, 1.807) is 6.26 Å². The molecule has 0 N–H and O–H groups in total. The van der Waals surface area contributed by atoms with Gasteiger partial charge in [0.05, 0.1) is 6.26 Å². The van der Waals surface area contributed by atoms with E-state index < -0.39 is 0 Å². The molecule has 0 aliphatic carbocycles. The van der Waals surface area contributed by atoms with Gasteiger partial charge in [0.25, 0.3) is 0 Å². The summed E-state index contributed by atoms with van der Waals surface area (Å²) in [5.41, 5.74) is 2.79. The standard InChI is InChI=1S/C15H24O/c1-10(2)13-8-7-9-16-15(12(5)6)14(13)11(3)4/h7-12H,1-6H3. The zero-order valence-corrected chi connectivity index (χ0v) is 11.4. The van der Waals surface area contributed by atoms with Crippen LogP contribution in [-0.4, -0.2) is 0 Å². The van der Waals surface area contributed by atoms with Crippen LogP contribution in [0.1, 0.15) is 41.5 Å². The highest BCUT2D eigenvalue weighted by atomic mass is 16.5. The number of hydrogen-bond donors (Lipinski definition) is 0. The Morgan fingerprint density at radius 2 is 1.50 bits per heavy atom. The van der Waals surface area contributed by atoms with Crippen LogP contribution in [0.5, 0.6) is 0 Å². The van der Waals surface area contributed by atoms with Gasteiger partial charge in [-0.1, -0.05) is 47.6 Å². The lowest BCUT2D eigenvalue weighted by Crippen LogP contribution is -2.11. The number of ether oxygens (including phenoxy) is 1. The molecule has 0 atom stereocenters. The minimum Gasteiger partial charge on any atom is -0.469 e. The van der Waals surface area contributed by atoms with E-state index >= 15 is 0 Å². The van der Waals surface area contributed by atoms with Crippen molar-refractivity contribution in [1.82, 2.24) is 0 Å². The molecule has 0 saturated carbocycles. The Hall–Kier alpha value is -0.980. The molecular weight excluding hydrogens is 196 g/mol. The predicted octanol–water partition coefficient (Wildman–Crippen LogP) is 4.68. The van der Waals surface area contributed by atoms with Crippen LogP contribution in [0, 0.1) is 17.8 Å². The lowest BCUT2D eigenvalue weighted by molar-refractivity contribution is 0.295. The Labute approximate surface area is 99.9 Å². The van der Waals surface area contributed by atoms with Gasteiger partial charge in [-0.3, -0.25) is 0 Å². The first kappa shape index (κ1) is 13.1. The molecule has 0 unspecified atom stereocenters. The molecule has 1 nitrogen and oxygen atoms in total. The largest absolute Gasteiger partial charge is 0.469 e. The number of rotatable bonds is 3. The molecule has 0 spiro atoms. The maximum absolute atomic E-state index is 5.77. The lowest BCUT2D eigenvalue weighted by atomic mass is 9.85. The summed E-state index contributed by atoms with van der Waals surface area (Å²) in [5.74, 6) is 2.61. The molecule has 1 heterocycles. The minimum atomic E-state index is 0.433. The van der Waals surface area contributed by atoms with Gasteiger partial charge in [-0.2, -0.15) is 0 Å². The lowest BCUT2D eigenvalue weighted by Gasteiger charge is -2.23. The average Bonchev–Trinajstić information content (AvgIpc) is 2.38. The van der Waals surface area contributed by atoms with Crippen molar-refractivity contribution in [3.05, 3.63) is 35.3 Å². The Morgan fingerprint density at radius 1 is 0.875 bits per heavy atom. The Morgan fingerprint density at radius 3 is 1.94 bits per heavy atom. The van der Waals surface area contributed by atoms with Crippen LogP contribution in [0.15, 0.2) is 35.3 Å². The molecule has 1 heteroatoms. The summed E-state index contributed by atoms with van der Waals surface area (Å²) in [5, 5.41) is 0. The van der Waals surface area contributed by atoms with Crippen LogP contribution >= 0.6 is 0 Å². The highest BCUT2D eigenvalue weighted by molar-refractivity contribution is 5.40. The van der Waals surface area contributed by atoms with Crippen molar-refractivity contribution in [2.45, 2.75) is 41.5 Å².